The van der Waals surface area contributed by atoms with Gasteiger partial charge in [-0.1, -0.05) is 274 Å². The third kappa shape index (κ3) is 8.32. The van der Waals surface area contributed by atoms with E-state index >= 15 is 0 Å². The lowest BCUT2D eigenvalue weighted by Gasteiger charge is -2.36. The fourth-order valence-corrected chi connectivity index (χ4v) is 18.8. The lowest BCUT2D eigenvalue weighted by Crippen LogP contribution is -2.25. The molecule has 0 bridgehead atoms. The summed E-state index contributed by atoms with van der Waals surface area (Å²) in [4.78, 5) is 5.16. The molecule has 0 saturated carbocycles. The zero-order chi connectivity index (χ0) is 65.6. The first-order chi connectivity index (χ1) is 47.0. The van der Waals surface area contributed by atoms with Gasteiger partial charge in [-0.05, 0) is 228 Å². The van der Waals surface area contributed by atoms with E-state index in [4.69, 9.17) is 0 Å². The molecular formula is C95H76N2. The number of anilines is 5. The monoisotopic (exact) mass is 1240 g/mol. The van der Waals surface area contributed by atoms with Crippen molar-refractivity contribution in [3.63, 3.8) is 0 Å². The Balaban J connectivity index is 0.889. The van der Waals surface area contributed by atoms with Crippen molar-refractivity contribution in [3.8, 4) is 55.6 Å². The molecule has 466 valence electrons. The first kappa shape index (κ1) is 57.6. The molecule has 0 amide bonds. The Morgan fingerprint density at radius 1 is 0.278 bits per heavy atom. The van der Waals surface area contributed by atoms with Gasteiger partial charge in [0.15, 0.2) is 0 Å². The molecule has 14 aromatic rings. The van der Waals surface area contributed by atoms with Crippen LogP contribution in [0.3, 0.4) is 0 Å². The van der Waals surface area contributed by atoms with Crippen LogP contribution in [0.15, 0.2) is 296 Å². The summed E-state index contributed by atoms with van der Waals surface area (Å²) in [6.07, 6.45) is 5.14. The summed E-state index contributed by atoms with van der Waals surface area (Å²) in [7, 11) is 0. The third-order valence-electron chi connectivity index (χ3n) is 23.7. The molecule has 5 aliphatic carbocycles. The molecule has 0 heterocycles. The highest BCUT2D eigenvalue weighted by molar-refractivity contribution is 6.23. The molecule has 0 aromatic heterocycles. The van der Waals surface area contributed by atoms with Gasteiger partial charge in [-0.2, -0.15) is 0 Å². The van der Waals surface area contributed by atoms with Crippen LogP contribution in [-0.2, 0) is 21.7 Å². The molecule has 0 aliphatic heterocycles. The van der Waals surface area contributed by atoms with E-state index in [1.165, 1.54) is 155 Å². The molecule has 2 nitrogen and oxygen atoms in total. The first-order valence-corrected chi connectivity index (χ1v) is 34.9. The van der Waals surface area contributed by atoms with Crippen molar-refractivity contribution in [2.45, 2.75) is 89.9 Å². The van der Waals surface area contributed by atoms with Crippen molar-refractivity contribution in [2.75, 3.05) is 9.80 Å². The minimum absolute atomic E-state index is 0.150. The van der Waals surface area contributed by atoms with Crippen molar-refractivity contribution in [2.24, 2.45) is 5.92 Å². The van der Waals surface area contributed by atoms with Gasteiger partial charge in [-0.25, -0.2) is 0 Å². The molecule has 14 aromatic carbocycles. The largest absolute Gasteiger partial charge is 0.311 e. The standard InChI is InChI=1S/C95H76N2/c1-57-48-69(56-88-89(57)78-29-17-21-33-84(78)95(88,8)9)97(68-40-45-75-72-28-16-20-32-83(72)94(6,7)87(75)55-68)65-42-47-77-80(52-65)91(63-37-35-59-23-11-13-25-61(59)50-63)76-46-41-64(51-79(76)90(77)62-36-34-58-22-10-12-24-60(58)49-62)96(66-38-43-73-70-26-14-18-30-81(70)92(2,3)85(73)53-66)67-39-44-74-71-27-15-19-31-82(71)93(4,5)86(74)54-67/h10-57,89H,1-9H3. The Kier molecular flexibility index (Phi) is 12.2. The van der Waals surface area contributed by atoms with Crippen LogP contribution < -0.4 is 9.80 Å². The molecule has 97 heavy (non-hydrogen) atoms. The molecular weight excluding hydrogens is 1170 g/mol. The zero-order valence-corrected chi connectivity index (χ0v) is 56.7. The summed E-state index contributed by atoms with van der Waals surface area (Å²) < 4.78 is 0. The topological polar surface area (TPSA) is 6.48 Å². The number of allylic oxidation sites excluding steroid dienone is 3. The minimum Gasteiger partial charge on any atom is -0.311 e. The molecule has 2 unspecified atom stereocenters. The summed E-state index contributed by atoms with van der Waals surface area (Å²) in [6.45, 7) is 21.7. The molecule has 0 N–H and O–H groups in total. The maximum Gasteiger partial charge on any atom is 0.0468 e. The lowest BCUT2D eigenvalue weighted by molar-refractivity contribution is 0.546. The Labute approximate surface area is 570 Å². The van der Waals surface area contributed by atoms with Gasteiger partial charge in [0, 0.05) is 61.7 Å². The molecule has 0 saturated heterocycles. The van der Waals surface area contributed by atoms with Crippen molar-refractivity contribution in [3.05, 3.63) is 341 Å². The van der Waals surface area contributed by atoms with E-state index in [0.717, 1.165) is 28.4 Å². The maximum atomic E-state index is 2.61. The van der Waals surface area contributed by atoms with Crippen molar-refractivity contribution >= 4 is 71.5 Å². The van der Waals surface area contributed by atoms with Gasteiger partial charge in [0.05, 0.1) is 0 Å². The van der Waals surface area contributed by atoms with Crippen LogP contribution in [-0.4, -0.2) is 0 Å². The van der Waals surface area contributed by atoms with Gasteiger partial charge in [-0.3, -0.25) is 0 Å². The van der Waals surface area contributed by atoms with E-state index < -0.39 is 0 Å². The molecule has 0 spiro atoms. The van der Waals surface area contributed by atoms with Gasteiger partial charge in [0.25, 0.3) is 0 Å². The van der Waals surface area contributed by atoms with Crippen LogP contribution in [0.25, 0.3) is 98.7 Å². The predicted molar refractivity (Wildman–Crippen MR) is 411 cm³/mol. The van der Waals surface area contributed by atoms with E-state index in [9.17, 15) is 0 Å². The van der Waals surface area contributed by atoms with Crippen molar-refractivity contribution in [1.82, 2.24) is 0 Å². The highest BCUT2D eigenvalue weighted by Crippen LogP contribution is 2.59. The Morgan fingerprint density at radius 2 is 0.639 bits per heavy atom. The van der Waals surface area contributed by atoms with Gasteiger partial charge in [0.1, 0.15) is 0 Å². The maximum absolute atomic E-state index is 2.61. The van der Waals surface area contributed by atoms with Gasteiger partial charge in [0.2, 0.25) is 0 Å². The highest BCUT2D eigenvalue weighted by Gasteiger charge is 2.46. The summed E-state index contributed by atoms with van der Waals surface area (Å²) >= 11 is 0. The minimum atomic E-state index is -0.197. The van der Waals surface area contributed by atoms with Crippen LogP contribution in [0, 0.1) is 5.92 Å². The molecule has 0 fully saturated rings. The first-order valence-electron chi connectivity index (χ1n) is 34.9. The molecule has 5 aliphatic rings. The number of hydrogen-bond acceptors (Lipinski definition) is 2. The molecule has 19 rings (SSSR count). The summed E-state index contributed by atoms with van der Waals surface area (Å²) in [5.74, 6) is 0.553. The van der Waals surface area contributed by atoms with Crippen LogP contribution in [0.1, 0.15) is 113 Å². The van der Waals surface area contributed by atoms with E-state index in [2.05, 4.69) is 357 Å². The number of benzene rings is 14. The fourth-order valence-electron chi connectivity index (χ4n) is 18.8. The Bertz CT molecular complexity index is 5710. The second-order valence-electron chi connectivity index (χ2n) is 30.4. The Morgan fingerprint density at radius 3 is 1.10 bits per heavy atom. The SMILES string of the molecule is CC1C=C(N(c2ccc3c(c2)C(C)(C)c2ccccc2-3)c2ccc3c(-c4ccc5ccccc5c4)c4cc(N(c5ccc6c(c5)C(C)(C)c5ccccc5-6)c5ccc6c(c5)C(C)(C)c5ccccc5-6)ccc4c(-c4ccc5ccccc5c4)c3c2)C=C2C1c1ccccc1C2(C)C. The number of hydrogen-bond donors (Lipinski definition) is 0. The second-order valence-corrected chi connectivity index (χ2v) is 30.4. The van der Waals surface area contributed by atoms with E-state index in [1.807, 2.05) is 0 Å². The molecule has 0 radical (unpaired) electrons. The van der Waals surface area contributed by atoms with Gasteiger partial charge < -0.3 is 9.80 Å². The predicted octanol–water partition coefficient (Wildman–Crippen LogP) is 25.7. The fraction of sp³-hybridized carbons (Fsp3) is 0.158. The summed E-state index contributed by atoms with van der Waals surface area (Å²) in [6, 6.07) is 105. The average Bonchev–Trinajstić information content (AvgIpc) is 1.71. The van der Waals surface area contributed by atoms with E-state index in [-0.39, 0.29) is 27.6 Å². The van der Waals surface area contributed by atoms with Gasteiger partial charge >= 0.3 is 0 Å². The molecule has 2 atom stereocenters. The number of rotatable bonds is 8. The van der Waals surface area contributed by atoms with Crippen LogP contribution in [0.4, 0.5) is 28.4 Å². The number of fused-ring (bicyclic) bond motifs is 16. The quantitative estimate of drug-likeness (QED) is 0.140. The van der Waals surface area contributed by atoms with E-state index in [1.54, 1.807) is 0 Å². The van der Waals surface area contributed by atoms with Crippen LogP contribution >= 0.6 is 0 Å². The Hall–Kier alpha value is -10.8. The van der Waals surface area contributed by atoms with Crippen LogP contribution in [0.5, 0.6) is 0 Å². The average molecular weight is 1250 g/mol. The second kappa shape index (κ2) is 20.6. The van der Waals surface area contributed by atoms with E-state index in [0.29, 0.717) is 5.92 Å². The normalized spacial score (nSPS) is 17.4. The molecule has 2 heteroatoms. The van der Waals surface area contributed by atoms with Crippen molar-refractivity contribution in [1.29, 1.82) is 0 Å². The lowest BCUT2D eigenvalue weighted by atomic mass is 9.75. The van der Waals surface area contributed by atoms with Crippen molar-refractivity contribution < 1.29 is 0 Å². The third-order valence-corrected chi connectivity index (χ3v) is 23.7. The summed E-state index contributed by atoms with van der Waals surface area (Å²) in [5, 5.41) is 9.69. The number of nitrogens with zero attached hydrogens (tertiary/aromatic N) is 2. The van der Waals surface area contributed by atoms with Crippen LogP contribution in [0.2, 0.25) is 0 Å². The summed E-state index contributed by atoms with van der Waals surface area (Å²) in [5.41, 5.74) is 31.4. The smallest absolute Gasteiger partial charge is 0.0468 e. The highest BCUT2D eigenvalue weighted by atomic mass is 15.2. The zero-order valence-electron chi connectivity index (χ0n) is 56.7. The van der Waals surface area contributed by atoms with Gasteiger partial charge in [-0.15, -0.1) is 0 Å².